The van der Waals surface area contributed by atoms with Crippen molar-refractivity contribution in [2.45, 2.75) is 6.61 Å². The number of nitrogens with one attached hydrogen (secondary N) is 1. The number of thiophene rings is 1. The number of fused-ring (bicyclic) bond motifs is 3. The van der Waals surface area contributed by atoms with Gasteiger partial charge in [-0.2, -0.15) is 0 Å². The lowest BCUT2D eigenvalue weighted by molar-refractivity contribution is 0.103. The second kappa shape index (κ2) is 6.72. The van der Waals surface area contributed by atoms with Crippen molar-refractivity contribution in [1.82, 2.24) is 0 Å². The van der Waals surface area contributed by atoms with Crippen molar-refractivity contribution < 1.29 is 19.0 Å². The van der Waals surface area contributed by atoms with E-state index < -0.39 is 0 Å². The van der Waals surface area contributed by atoms with E-state index in [1.165, 1.54) is 11.3 Å². The molecule has 2 aromatic carbocycles. The molecular formula is C20H17NO4S. The summed E-state index contributed by atoms with van der Waals surface area (Å²) >= 11 is 1.47. The zero-order chi connectivity index (χ0) is 18.1. The van der Waals surface area contributed by atoms with E-state index in [0.29, 0.717) is 28.7 Å². The predicted molar refractivity (Wildman–Crippen MR) is 102 cm³/mol. The first-order chi connectivity index (χ1) is 12.7. The average molecular weight is 367 g/mol. The van der Waals surface area contributed by atoms with Crippen LogP contribution < -0.4 is 19.5 Å². The highest BCUT2D eigenvalue weighted by molar-refractivity contribution is 7.17. The third kappa shape index (κ3) is 2.88. The lowest BCUT2D eigenvalue weighted by Crippen LogP contribution is -2.10. The Hall–Kier alpha value is -2.99. The molecule has 0 saturated heterocycles. The van der Waals surface area contributed by atoms with Gasteiger partial charge in [-0.1, -0.05) is 12.1 Å². The minimum absolute atomic E-state index is 0.158. The largest absolute Gasteiger partial charge is 0.493 e. The molecule has 4 rings (SSSR count). The SMILES string of the molecule is COc1ccc(NC(=O)c2cc3c(s2)-c2ccccc2OC3)cc1OC. The molecule has 26 heavy (non-hydrogen) atoms. The maximum Gasteiger partial charge on any atom is 0.265 e. The number of para-hydroxylation sites is 1. The summed E-state index contributed by atoms with van der Waals surface area (Å²) in [6.45, 7) is 0.479. The number of ether oxygens (including phenoxy) is 3. The van der Waals surface area contributed by atoms with E-state index in [9.17, 15) is 4.79 Å². The second-order valence-electron chi connectivity index (χ2n) is 5.77. The summed E-state index contributed by atoms with van der Waals surface area (Å²) in [7, 11) is 3.14. The number of rotatable bonds is 4. The maximum absolute atomic E-state index is 12.7. The Kier molecular flexibility index (Phi) is 4.26. The topological polar surface area (TPSA) is 56.8 Å². The summed E-state index contributed by atoms with van der Waals surface area (Å²) in [6.07, 6.45) is 0. The molecule has 0 atom stereocenters. The van der Waals surface area contributed by atoms with Crippen LogP contribution in [0.4, 0.5) is 5.69 Å². The fraction of sp³-hybridized carbons (Fsp3) is 0.150. The van der Waals surface area contributed by atoms with Crippen LogP contribution in [0.2, 0.25) is 0 Å². The minimum atomic E-state index is -0.158. The summed E-state index contributed by atoms with van der Waals surface area (Å²) in [5, 5.41) is 2.91. The highest BCUT2D eigenvalue weighted by Gasteiger charge is 2.22. The van der Waals surface area contributed by atoms with Gasteiger partial charge < -0.3 is 19.5 Å². The van der Waals surface area contributed by atoms with E-state index in [1.54, 1.807) is 32.4 Å². The lowest BCUT2D eigenvalue weighted by Gasteiger charge is -2.16. The molecule has 0 radical (unpaired) electrons. The van der Waals surface area contributed by atoms with Crippen LogP contribution in [-0.2, 0) is 6.61 Å². The van der Waals surface area contributed by atoms with E-state index in [2.05, 4.69) is 5.32 Å². The number of benzene rings is 2. The smallest absolute Gasteiger partial charge is 0.265 e. The minimum Gasteiger partial charge on any atom is -0.493 e. The Morgan fingerprint density at radius 3 is 2.69 bits per heavy atom. The molecule has 1 aromatic heterocycles. The second-order valence-corrected chi connectivity index (χ2v) is 6.83. The molecule has 1 aliphatic rings. The molecule has 1 N–H and O–H groups in total. The summed E-state index contributed by atoms with van der Waals surface area (Å²) in [5.41, 5.74) is 2.71. The van der Waals surface area contributed by atoms with Crippen molar-refractivity contribution in [2.24, 2.45) is 0 Å². The van der Waals surface area contributed by atoms with Gasteiger partial charge in [-0.15, -0.1) is 11.3 Å². The molecule has 1 aliphatic heterocycles. The van der Waals surface area contributed by atoms with Crippen LogP contribution in [0.1, 0.15) is 15.2 Å². The predicted octanol–water partition coefficient (Wildman–Crippen LogP) is 4.58. The van der Waals surface area contributed by atoms with Crippen LogP contribution >= 0.6 is 11.3 Å². The molecule has 0 unspecified atom stereocenters. The zero-order valence-electron chi connectivity index (χ0n) is 14.4. The summed E-state index contributed by atoms with van der Waals surface area (Å²) in [6, 6.07) is 15.1. The van der Waals surface area contributed by atoms with Gasteiger partial charge in [0.2, 0.25) is 0 Å². The van der Waals surface area contributed by atoms with Gasteiger partial charge in [0, 0.05) is 27.8 Å². The van der Waals surface area contributed by atoms with Crippen LogP contribution in [0.25, 0.3) is 10.4 Å². The van der Waals surface area contributed by atoms with Gasteiger partial charge in [-0.05, 0) is 30.3 Å². The van der Waals surface area contributed by atoms with Crippen LogP contribution in [-0.4, -0.2) is 20.1 Å². The van der Waals surface area contributed by atoms with Crippen molar-refractivity contribution >= 4 is 22.9 Å². The standard InChI is InChI=1S/C20H17NO4S/c1-23-16-8-7-13(10-17(16)24-2)21-20(22)18-9-12-11-25-15-6-4-3-5-14(15)19(12)26-18/h3-10H,11H2,1-2H3,(H,21,22). The normalized spacial score (nSPS) is 11.8. The van der Waals surface area contributed by atoms with Crippen molar-refractivity contribution in [3.05, 3.63) is 59.0 Å². The lowest BCUT2D eigenvalue weighted by atomic mass is 10.1. The Morgan fingerprint density at radius 2 is 1.88 bits per heavy atom. The van der Waals surface area contributed by atoms with E-state index >= 15 is 0 Å². The molecule has 0 aliphatic carbocycles. The van der Waals surface area contributed by atoms with Crippen LogP contribution in [0.15, 0.2) is 48.5 Å². The highest BCUT2D eigenvalue weighted by Crippen LogP contribution is 2.42. The van der Waals surface area contributed by atoms with Gasteiger partial charge in [-0.25, -0.2) is 0 Å². The van der Waals surface area contributed by atoms with E-state index in [-0.39, 0.29) is 5.91 Å². The number of amides is 1. The molecule has 132 valence electrons. The molecule has 3 aromatic rings. The van der Waals surface area contributed by atoms with Gasteiger partial charge in [0.1, 0.15) is 12.4 Å². The van der Waals surface area contributed by atoms with Crippen LogP contribution in [0.5, 0.6) is 17.2 Å². The molecule has 1 amide bonds. The fourth-order valence-corrected chi connectivity index (χ4v) is 4.01. The molecule has 6 heteroatoms. The third-order valence-corrected chi connectivity index (χ3v) is 5.40. The Balaban J connectivity index is 1.60. The first-order valence-electron chi connectivity index (χ1n) is 8.08. The van der Waals surface area contributed by atoms with E-state index in [0.717, 1.165) is 21.8 Å². The molecule has 0 saturated carbocycles. The quantitative estimate of drug-likeness (QED) is 0.733. The molecule has 5 nitrogen and oxygen atoms in total. The van der Waals surface area contributed by atoms with Gasteiger partial charge in [-0.3, -0.25) is 4.79 Å². The summed E-state index contributed by atoms with van der Waals surface area (Å²) in [5.74, 6) is 1.88. The number of carbonyl (C=O) groups excluding carboxylic acids is 1. The fourth-order valence-electron chi connectivity index (χ4n) is 2.92. The Labute approximate surface area is 155 Å². The molecule has 0 bridgehead atoms. The van der Waals surface area contributed by atoms with E-state index in [1.807, 2.05) is 30.3 Å². The average Bonchev–Trinajstić information content (AvgIpc) is 3.13. The number of methoxy groups -OCH3 is 2. The summed E-state index contributed by atoms with van der Waals surface area (Å²) in [4.78, 5) is 14.4. The molecule has 0 fully saturated rings. The van der Waals surface area contributed by atoms with Gasteiger partial charge >= 0.3 is 0 Å². The first-order valence-corrected chi connectivity index (χ1v) is 8.89. The number of anilines is 1. The monoisotopic (exact) mass is 367 g/mol. The summed E-state index contributed by atoms with van der Waals surface area (Å²) < 4.78 is 16.3. The number of hydrogen-bond donors (Lipinski definition) is 1. The van der Waals surface area contributed by atoms with Gasteiger partial charge in [0.05, 0.1) is 19.1 Å². The van der Waals surface area contributed by atoms with E-state index in [4.69, 9.17) is 14.2 Å². The van der Waals surface area contributed by atoms with Crippen LogP contribution in [0, 0.1) is 0 Å². The number of carbonyl (C=O) groups is 1. The maximum atomic E-state index is 12.7. The van der Waals surface area contributed by atoms with Crippen molar-refractivity contribution in [3.63, 3.8) is 0 Å². The third-order valence-electron chi connectivity index (χ3n) is 4.19. The number of hydrogen-bond acceptors (Lipinski definition) is 5. The van der Waals surface area contributed by atoms with Gasteiger partial charge in [0.15, 0.2) is 11.5 Å². The zero-order valence-corrected chi connectivity index (χ0v) is 15.2. The molecule has 0 spiro atoms. The van der Waals surface area contributed by atoms with Crippen molar-refractivity contribution in [3.8, 4) is 27.7 Å². The van der Waals surface area contributed by atoms with Crippen LogP contribution in [0.3, 0.4) is 0 Å². The van der Waals surface area contributed by atoms with Crippen molar-refractivity contribution in [2.75, 3.05) is 19.5 Å². The first kappa shape index (κ1) is 16.5. The van der Waals surface area contributed by atoms with Crippen molar-refractivity contribution in [1.29, 1.82) is 0 Å². The Bertz CT molecular complexity index is 980. The highest BCUT2D eigenvalue weighted by atomic mass is 32.1. The molecule has 2 heterocycles. The van der Waals surface area contributed by atoms with Gasteiger partial charge in [0.25, 0.3) is 5.91 Å². The molecular weight excluding hydrogens is 350 g/mol. The Morgan fingerprint density at radius 1 is 1.08 bits per heavy atom.